The first-order chi connectivity index (χ1) is 9.08. The molecule has 2 N–H and O–H groups in total. The van der Waals surface area contributed by atoms with Crippen LogP contribution in [-0.2, 0) is 9.59 Å². The highest BCUT2D eigenvalue weighted by atomic mass is 32.2. The third kappa shape index (κ3) is 3.72. The number of carbonyl (C=O) groups excluding carboxylic acids is 1. The molecule has 1 aromatic rings. The number of nitrogens with one attached hydrogen (secondary N) is 1. The van der Waals surface area contributed by atoms with Gasteiger partial charge < -0.3 is 10.4 Å². The Balaban J connectivity index is 2.02. The number of benzene rings is 1. The molecule has 0 radical (unpaired) electrons. The van der Waals surface area contributed by atoms with Crippen LogP contribution >= 0.6 is 11.8 Å². The van der Waals surface area contributed by atoms with Crippen LogP contribution in [0.2, 0.25) is 0 Å². The largest absolute Gasteiger partial charge is 0.480 e. The van der Waals surface area contributed by atoms with Crippen LogP contribution in [-0.4, -0.2) is 23.5 Å². The lowest BCUT2D eigenvalue weighted by atomic mass is 10.1. The monoisotopic (exact) mass is 275 g/mol. The molecule has 1 amide bonds. The predicted molar refractivity (Wildman–Crippen MR) is 75.4 cm³/mol. The summed E-state index contributed by atoms with van der Waals surface area (Å²) in [6.45, 7) is 1.59. The van der Waals surface area contributed by atoms with Crippen LogP contribution in [0.15, 0.2) is 45.7 Å². The molecule has 1 heterocycles. The summed E-state index contributed by atoms with van der Waals surface area (Å²) in [5.74, 6) is -1.36. The Kier molecular flexibility index (Phi) is 4.06. The zero-order chi connectivity index (χ0) is 13.8. The normalized spacial score (nSPS) is 14.3. The molecule has 1 aliphatic rings. The Hall–Kier alpha value is -2.01. The van der Waals surface area contributed by atoms with Gasteiger partial charge in [-0.2, -0.15) is 0 Å². The van der Waals surface area contributed by atoms with Gasteiger partial charge in [0.2, 0.25) is 0 Å². The molecule has 98 valence electrons. The van der Waals surface area contributed by atoms with Crippen LogP contribution in [0.4, 0.5) is 0 Å². The second-order valence-corrected chi connectivity index (χ2v) is 5.10. The van der Waals surface area contributed by atoms with Crippen molar-refractivity contribution in [3.05, 3.63) is 51.3 Å². The molecule has 0 unspecified atom stereocenters. The predicted octanol–water partition coefficient (Wildman–Crippen LogP) is 2.25. The van der Waals surface area contributed by atoms with E-state index in [0.29, 0.717) is 4.91 Å². The summed E-state index contributed by atoms with van der Waals surface area (Å²) in [5.41, 5.74) is 2.09. The molecule has 19 heavy (non-hydrogen) atoms. The second kappa shape index (κ2) is 5.75. The summed E-state index contributed by atoms with van der Waals surface area (Å²) >= 11 is 1.38. The van der Waals surface area contributed by atoms with Crippen LogP contribution in [0, 0.1) is 0 Å². The molecule has 1 aromatic carbocycles. The topological polar surface area (TPSA) is 66.4 Å². The minimum absolute atomic E-state index is 0.316. The lowest BCUT2D eigenvalue weighted by molar-refractivity contribution is -0.137. The zero-order valence-corrected chi connectivity index (χ0v) is 11.2. The summed E-state index contributed by atoms with van der Waals surface area (Å²) in [5, 5.41) is 10.8. The first kappa shape index (κ1) is 13.4. The average molecular weight is 275 g/mol. The van der Waals surface area contributed by atoms with E-state index in [9.17, 15) is 9.59 Å². The number of rotatable bonds is 5. The second-order valence-electron chi connectivity index (χ2n) is 4.07. The summed E-state index contributed by atoms with van der Waals surface area (Å²) in [6.07, 6.45) is 2.00. The Morgan fingerprint density at radius 1 is 1.26 bits per heavy atom. The lowest BCUT2D eigenvalue weighted by Gasteiger charge is -1.95. The molecule has 0 spiro atoms. The van der Waals surface area contributed by atoms with Crippen molar-refractivity contribution in [2.75, 3.05) is 6.54 Å². The molecule has 0 fully saturated rings. The fourth-order valence-corrected chi connectivity index (χ4v) is 2.38. The molecular weight excluding hydrogens is 262 g/mol. The number of carboxylic acid groups (broad SMARTS) is 1. The molecule has 5 heteroatoms. The van der Waals surface area contributed by atoms with Crippen molar-refractivity contribution in [1.29, 1.82) is 0 Å². The number of carboxylic acids is 1. The highest BCUT2D eigenvalue weighted by molar-refractivity contribution is 8.14. The minimum Gasteiger partial charge on any atom is -0.480 e. The van der Waals surface area contributed by atoms with Gasteiger partial charge >= 0.3 is 5.97 Å². The first-order valence-corrected chi connectivity index (χ1v) is 6.55. The third-order valence-electron chi connectivity index (χ3n) is 2.52. The van der Waals surface area contributed by atoms with Crippen molar-refractivity contribution in [1.82, 2.24) is 5.32 Å². The van der Waals surface area contributed by atoms with Gasteiger partial charge in [-0.05, 0) is 18.1 Å². The molecule has 0 saturated heterocycles. The van der Waals surface area contributed by atoms with E-state index < -0.39 is 5.97 Å². The number of hydrogen-bond donors (Lipinski definition) is 2. The van der Waals surface area contributed by atoms with Gasteiger partial charge in [0.05, 0.1) is 4.91 Å². The Bertz CT molecular complexity index is 576. The molecule has 4 nitrogen and oxygen atoms in total. The van der Waals surface area contributed by atoms with Crippen molar-refractivity contribution >= 4 is 29.7 Å². The number of hydrogen-bond acceptors (Lipinski definition) is 3. The molecule has 2 rings (SSSR count). The van der Waals surface area contributed by atoms with Crippen molar-refractivity contribution in [2.45, 2.75) is 6.92 Å². The number of allylic oxidation sites excluding steroid dienone is 1. The van der Waals surface area contributed by atoms with E-state index in [0.717, 1.165) is 16.0 Å². The van der Waals surface area contributed by atoms with Crippen LogP contribution in [0.1, 0.15) is 12.5 Å². The quantitative estimate of drug-likeness (QED) is 0.865. The number of amides is 1. The molecule has 1 aliphatic heterocycles. The standard InChI is InChI=1S/C14H13NO3S/c1-9(7-10-5-3-2-4-6-10)12-13(19-12)14(18)15-8-11(16)17/h2-7H,8H2,1H3,(H,15,18)(H,16,17)/b9-7+. The fraction of sp³-hybridized carbons (Fsp3) is 0.143. The highest BCUT2D eigenvalue weighted by Crippen LogP contribution is 2.49. The van der Waals surface area contributed by atoms with Crippen LogP contribution in [0.5, 0.6) is 0 Å². The van der Waals surface area contributed by atoms with Crippen LogP contribution < -0.4 is 5.32 Å². The van der Waals surface area contributed by atoms with Crippen molar-refractivity contribution < 1.29 is 14.7 Å². The molecular formula is C14H13NO3S. The highest BCUT2D eigenvalue weighted by Gasteiger charge is 2.30. The molecule has 0 atom stereocenters. The van der Waals surface area contributed by atoms with Gasteiger partial charge in [0, 0.05) is 4.91 Å². The summed E-state index contributed by atoms with van der Waals surface area (Å²) < 4.78 is 0. The van der Waals surface area contributed by atoms with Gasteiger partial charge in [-0.25, -0.2) is 0 Å². The van der Waals surface area contributed by atoms with E-state index in [4.69, 9.17) is 5.11 Å². The van der Waals surface area contributed by atoms with Crippen LogP contribution in [0.25, 0.3) is 6.08 Å². The van der Waals surface area contributed by atoms with Crippen molar-refractivity contribution in [3.63, 3.8) is 0 Å². The Labute approximate surface area is 115 Å². The maximum atomic E-state index is 11.6. The fourth-order valence-electron chi connectivity index (χ4n) is 1.59. The number of carbonyl (C=O) groups is 2. The maximum Gasteiger partial charge on any atom is 0.322 e. The van der Waals surface area contributed by atoms with Crippen molar-refractivity contribution in [2.24, 2.45) is 0 Å². The maximum absolute atomic E-state index is 11.6. The Morgan fingerprint density at radius 2 is 1.95 bits per heavy atom. The average Bonchev–Trinajstić information content (AvgIpc) is 3.17. The number of thioether (sulfide) groups is 1. The smallest absolute Gasteiger partial charge is 0.322 e. The van der Waals surface area contributed by atoms with Gasteiger partial charge in [-0.3, -0.25) is 9.59 Å². The van der Waals surface area contributed by atoms with E-state index >= 15 is 0 Å². The molecule has 0 aliphatic carbocycles. The van der Waals surface area contributed by atoms with Gasteiger partial charge in [0.1, 0.15) is 6.54 Å². The summed E-state index contributed by atoms with van der Waals surface area (Å²) in [4.78, 5) is 23.5. The number of aliphatic carboxylic acids is 1. The van der Waals surface area contributed by atoms with E-state index in [1.54, 1.807) is 0 Å². The minimum atomic E-state index is -1.04. The van der Waals surface area contributed by atoms with Gasteiger partial charge in [-0.1, -0.05) is 48.2 Å². The van der Waals surface area contributed by atoms with E-state index in [2.05, 4.69) is 5.32 Å². The van der Waals surface area contributed by atoms with Crippen LogP contribution in [0.3, 0.4) is 0 Å². The molecule has 0 aromatic heterocycles. The van der Waals surface area contributed by atoms with E-state index in [1.165, 1.54) is 11.8 Å². The zero-order valence-electron chi connectivity index (χ0n) is 10.3. The Morgan fingerprint density at radius 3 is 2.58 bits per heavy atom. The molecule has 0 bridgehead atoms. The first-order valence-electron chi connectivity index (χ1n) is 5.74. The third-order valence-corrected chi connectivity index (χ3v) is 3.64. The van der Waals surface area contributed by atoms with E-state index in [-0.39, 0.29) is 12.5 Å². The summed E-state index contributed by atoms with van der Waals surface area (Å²) in [7, 11) is 0. The summed E-state index contributed by atoms with van der Waals surface area (Å²) in [6, 6.07) is 9.83. The van der Waals surface area contributed by atoms with Crippen molar-refractivity contribution in [3.8, 4) is 0 Å². The van der Waals surface area contributed by atoms with Gasteiger partial charge in [0.25, 0.3) is 5.91 Å². The van der Waals surface area contributed by atoms with Gasteiger partial charge in [-0.15, -0.1) is 0 Å². The molecule has 0 saturated carbocycles. The lowest BCUT2D eigenvalue weighted by Crippen LogP contribution is -2.28. The SMILES string of the molecule is C/C(=C\c1ccccc1)C1=C(C(=O)NCC(=O)O)S1. The van der Waals surface area contributed by atoms with Gasteiger partial charge in [0.15, 0.2) is 0 Å². The van der Waals surface area contributed by atoms with E-state index in [1.807, 2.05) is 43.3 Å².